The monoisotopic (exact) mass is 326 g/mol. The van der Waals surface area contributed by atoms with E-state index in [2.05, 4.69) is 43.5 Å². The van der Waals surface area contributed by atoms with Gasteiger partial charge in [0.25, 0.3) is 0 Å². The molecule has 0 saturated carbocycles. The van der Waals surface area contributed by atoms with E-state index in [9.17, 15) is 4.79 Å². The molecule has 2 aromatic carbocycles. The van der Waals surface area contributed by atoms with E-state index in [4.69, 9.17) is 4.74 Å². The Morgan fingerprint density at radius 3 is 2.33 bits per heavy atom. The van der Waals surface area contributed by atoms with Crippen molar-refractivity contribution in [3.8, 4) is 5.75 Å². The van der Waals surface area contributed by atoms with Gasteiger partial charge in [-0.3, -0.25) is 4.79 Å². The number of hydrogen-bond donors (Lipinski definition) is 2. The van der Waals surface area contributed by atoms with Gasteiger partial charge in [0.1, 0.15) is 5.75 Å². The normalized spacial score (nSPS) is 11.2. The molecule has 0 fully saturated rings. The molecule has 0 aliphatic carbocycles. The first-order chi connectivity index (χ1) is 11.4. The van der Waals surface area contributed by atoms with Gasteiger partial charge in [-0.15, -0.1) is 0 Å². The molecule has 0 aliphatic heterocycles. The molecule has 0 saturated heterocycles. The molecule has 0 radical (unpaired) electrons. The van der Waals surface area contributed by atoms with E-state index in [0.29, 0.717) is 6.54 Å². The van der Waals surface area contributed by atoms with Crippen LogP contribution in [0.1, 0.15) is 31.9 Å². The fraction of sp³-hybridized carbons (Fsp3) is 0.350. The third-order valence-electron chi connectivity index (χ3n) is 3.83. The van der Waals surface area contributed by atoms with E-state index in [1.54, 1.807) is 7.11 Å². The third kappa shape index (κ3) is 5.10. The van der Waals surface area contributed by atoms with Gasteiger partial charge in [-0.05, 0) is 29.2 Å². The number of ether oxygens (including phenoxy) is 1. The molecule has 0 aromatic heterocycles. The van der Waals surface area contributed by atoms with Crippen LogP contribution in [0.25, 0.3) is 0 Å². The molecule has 0 bridgehead atoms. The fourth-order valence-corrected chi connectivity index (χ4v) is 2.42. The van der Waals surface area contributed by atoms with Crippen LogP contribution in [0.15, 0.2) is 48.5 Å². The fourth-order valence-electron chi connectivity index (χ4n) is 2.42. The highest BCUT2D eigenvalue weighted by Gasteiger charge is 2.13. The summed E-state index contributed by atoms with van der Waals surface area (Å²) in [7, 11) is 1.65. The number of para-hydroxylation sites is 1. The maximum atomic E-state index is 12.0. The number of hydrogen-bond acceptors (Lipinski definition) is 3. The van der Waals surface area contributed by atoms with Gasteiger partial charge in [0.05, 0.1) is 13.7 Å². The van der Waals surface area contributed by atoms with Crippen molar-refractivity contribution in [3.05, 3.63) is 59.7 Å². The molecule has 1 amide bonds. The summed E-state index contributed by atoms with van der Waals surface area (Å²) in [6.07, 6.45) is 0. The van der Waals surface area contributed by atoms with Crippen molar-refractivity contribution in [2.45, 2.75) is 32.7 Å². The molecule has 128 valence electrons. The Balaban J connectivity index is 1.83. The maximum Gasteiger partial charge on any atom is 0.238 e. The van der Waals surface area contributed by atoms with Crippen molar-refractivity contribution < 1.29 is 9.53 Å². The second-order valence-electron chi connectivity index (χ2n) is 6.79. The predicted octanol–water partition coefficient (Wildman–Crippen LogP) is 3.72. The van der Waals surface area contributed by atoms with Gasteiger partial charge in [-0.25, -0.2) is 0 Å². The average molecular weight is 326 g/mol. The minimum absolute atomic E-state index is 0.0617. The Hall–Kier alpha value is -2.33. The molecule has 2 rings (SSSR count). The van der Waals surface area contributed by atoms with Crippen molar-refractivity contribution in [1.29, 1.82) is 0 Å². The number of anilines is 1. The molecule has 0 spiro atoms. The largest absolute Gasteiger partial charge is 0.496 e. The van der Waals surface area contributed by atoms with Crippen LogP contribution in [-0.4, -0.2) is 19.6 Å². The molecule has 4 heteroatoms. The van der Waals surface area contributed by atoms with Crippen molar-refractivity contribution in [2.75, 3.05) is 19.0 Å². The van der Waals surface area contributed by atoms with Gasteiger partial charge in [-0.2, -0.15) is 0 Å². The molecule has 24 heavy (non-hydrogen) atoms. The highest BCUT2D eigenvalue weighted by atomic mass is 16.5. The van der Waals surface area contributed by atoms with Crippen LogP contribution in [0.4, 0.5) is 5.69 Å². The lowest BCUT2D eigenvalue weighted by Crippen LogP contribution is -2.27. The summed E-state index contributed by atoms with van der Waals surface area (Å²) in [6, 6.07) is 15.8. The number of nitrogens with one attached hydrogen (secondary N) is 2. The van der Waals surface area contributed by atoms with E-state index in [-0.39, 0.29) is 17.9 Å². The summed E-state index contributed by atoms with van der Waals surface area (Å²) >= 11 is 0. The molecule has 2 aromatic rings. The summed E-state index contributed by atoms with van der Waals surface area (Å²) in [6.45, 7) is 7.34. The topological polar surface area (TPSA) is 50.4 Å². The summed E-state index contributed by atoms with van der Waals surface area (Å²) < 4.78 is 5.30. The van der Waals surface area contributed by atoms with E-state index in [0.717, 1.165) is 17.0 Å². The lowest BCUT2D eigenvalue weighted by atomic mass is 9.87. The zero-order chi connectivity index (χ0) is 17.6. The first-order valence-electron chi connectivity index (χ1n) is 8.13. The maximum absolute atomic E-state index is 12.0. The van der Waals surface area contributed by atoms with Gasteiger partial charge in [-0.1, -0.05) is 51.1 Å². The molecule has 4 nitrogen and oxygen atoms in total. The minimum Gasteiger partial charge on any atom is -0.496 e. The quantitative estimate of drug-likeness (QED) is 0.850. The van der Waals surface area contributed by atoms with Crippen molar-refractivity contribution >= 4 is 11.6 Å². The molecular formula is C20H26N2O2. The molecule has 0 aliphatic rings. The second kappa shape index (κ2) is 7.97. The van der Waals surface area contributed by atoms with Crippen LogP contribution < -0.4 is 15.4 Å². The van der Waals surface area contributed by atoms with Crippen LogP contribution in [0.5, 0.6) is 5.75 Å². The van der Waals surface area contributed by atoms with Crippen LogP contribution in [0.3, 0.4) is 0 Å². The smallest absolute Gasteiger partial charge is 0.238 e. The first kappa shape index (κ1) is 18.0. The number of rotatable bonds is 6. The lowest BCUT2D eigenvalue weighted by Gasteiger charge is -2.19. The second-order valence-corrected chi connectivity index (χ2v) is 6.79. The van der Waals surface area contributed by atoms with Crippen molar-refractivity contribution in [2.24, 2.45) is 0 Å². The van der Waals surface area contributed by atoms with Gasteiger partial charge in [0, 0.05) is 17.8 Å². The summed E-state index contributed by atoms with van der Waals surface area (Å²) in [5.41, 5.74) is 3.20. The Labute approximate surface area is 144 Å². The van der Waals surface area contributed by atoms with Crippen LogP contribution >= 0.6 is 0 Å². The van der Waals surface area contributed by atoms with Gasteiger partial charge >= 0.3 is 0 Å². The van der Waals surface area contributed by atoms with Crippen LogP contribution in [0, 0.1) is 0 Å². The van der Waals surface area contributed by atoms with Crippen molar-refractivity contribution in [1.82, 2.24) is 5.32 Å². The third-order valence-corrected chi connectivity index (χ3v) is 3.83. The van der Waals surface area contributed by atoms with Gasteiger partial charge in [0.15, 0.2) is 0 Å². The Morgan fingerprint density at radius 2 is 1.71 bits per heavy atom. The standard InChI is InChI=1S/C20H26N2O2/c1-20(2,3)16-9-11-17(12-10-16)22-19(23)14-21-13-15-7-5-6-8-18(15)24-4/h5-12,21H,13-14H2,1-4H3,(H,22,23). The van der Waals surface area contributed by atoms with E-state index in [1.807, 2.05) is 36.4 Å². The first-order valence-corrected chi connectivity index (χ1v) is 8.13. The number of carbonyl (C=O) groups excluding carboxylic acids is 1. The number of methoxy groups -OCH3 is 1. The number of benzene rings is 2. The molecule has 2 N–H and O–H groups in total. The molecule has 0 unspecified atom stereocenters. The Morgan fingerprint density at radius 1 is 1.04 bits per heavy atom. The van der Waals surface area contributed by atoms with Crippen LogP contribution in [0.2, 0.25) is 0 Å². The lowest BCUT2D eigenvalue weighted by molar-refractivity contribution is -0.115. The van der Waals surface area contributed by atoms with E-state index in [1.165, 1.54) is 5.56 Å². The SMILES string of the molecule is COc1ccccc1CNCC(=O)Nc1ccc(C(C)(C)C)cc1. The zero-order valence-corrected chi connectivity index (χ0v) is 14.8. The molecular weight excluding hydrogens is 300 g/mol. The number of carbonyl (C=O) groups is 1. The molecule has 0 atom stereocenters. The van der Waals surface area contributed by atoms with Crippen molar-refractivity contribution in [3.63, 3.8) is 0 Å². The zero-order valence-electron chi connectivity index (χ0n) is 14.8. The van der Waals surface area contributed by atoms with Gasteiger partial charge in [0.2, 0.25) is 5.91 Å². The van der Waals surface area contributed by atoms with Crippen LogP contribution in [-0.2, 0) is 16.8 Å². The van der Waals surface area contributed by atoms with E-state index >= 15 is 0 Å². The highest BCUT2D eigenvalue weighted by molar-refractivity contribution is 5.92. The minimum atomic E-state index is -0.0617. The summed E-state index contributed by atoms with van der Waals surface area (Å²) in [4.78, 5) is 12.0. The van der Waals surface area contributed by atoms with E-state index < -0.39 is 0 Å². The van der Waals surface area contributed by atoms with Gasteiger partial charge < -0.3 is 15.4 Å². The number of amides is 1. The average Bonchev–Trinajstić information content (AvgIpc) is 2.55. The summed E-state index contributed by atoms with van der Waals surface area (Å²) in [5.74, 6) is 0.761. The predicted molar refractivity (Wildman–Crippen MR) is 98.5 cm³/mol. The summed E-state index contributed by atoms with van der Waals surface area (Å²) in [5, 5.41) is 6.04. The highest BCUT2D eigenvalue weighted by Crippen LogP contribution is 2.23. The Kier molecular flexibility index (Phi) is 5.99. The molecule has 0 heterocycles. The Bertz CT molecular complexity index is 673.